The van der Waals surface area contributed by atoms with Crippen LogP contribution in [0.3, 0.4) is 0 Å². The summed E-state index contributed by atoms with van der Waals surface area (Å²) in [5, 5.41) is 9.19. The van der Waals surface area contributed by atoms with E-state index in [0.717, 1.165) is 0 Å². The summed E-state index contributed by atoms with van der Waals surface area (Å²) >= 11 is 0. The van der Waals surface area contributed by atoms with Crippen molar-refractivity contribution in [2.24, 2.45) is 0 Å². The van der Waals surface area contributed by atoms with Gasteiger partial charge in [0.2, 0.25) is 0 Å². The molecular weight excluding hydrogens is 381 g/mol. The van der Waals surface area contributed by atoms with Crippen LogP contribution in [0, 0.1) is 7.43 Å². The van der Waals surface area contributed by atoms with E-state index in [9.17, 15) is 14.7 Å². The van der Waals surface area contributed by atoms with Crippen molar-refractivity contribution < 1.29 is 52.1 Å². The normalized spacial score (nSPS) is 8.58. The molecule has 127 valence electrons. The van der Waals surface area contributed by atoms with E-state index in [-0.39, 0.29) is 57.6 Å². The van der Waals surface area contributed by atoms with E-state index < -0.39 is 0 Å². The Morgan fingerprint density at radius 2 is 1.46 bits per heavy atom. The zero-order valence-electron chi connectivity index (χ0n) is 14.4. The molecule has 0 heterocycles. The third-order valence-corrected chi connectivity index (χ3v) is 2.79. The van der Waals surface area contributed by atoms with Gasteiger partial charge < -0.3 is 17.3 Å². The number of ether oxygens (including phenoxy) is 1. The quantitative estimate of drug-likeness (QED) is 0.354. The molecule has 0 amide bonds. The van der Waals surface area contributed by atoms with Crippen LogP contribution < -0.4 is 4.74 Å². The molecule has 0 aliphatic heterocycles. The molecule has 0 aromatic heterocycles. The van der Waals surface area contributed by atoms with Crippen LogP contribution in [0.15, 0.2) is 54.6 Å². The Morgan fingerprint density at radius 1 is 0.917 bits per heavy atom. The number of ketones is 1. The largest absolute Gasteiger partial charge is 0.507 e. The number of rotatable bonds is 4. The van der Waals surface area contributed by atoms with Crippen LogP contribution in [0.2, 0.25) is 0 Å². The van der Waals surface area contributed by atoms with E-state index in [1.165, 1.54) is 6.07 Å². The molecule has 2 rings (SSSR count). The number of esters is 1. The minimum absolute atomic E-state index is 0. The topological polar surface area (TPSA) is 63.6 Å². The maximum absolute atomic E-state index is 11.1. The SMILES string of the molecule is CCC(=O)Oc1ccccc1.CCC(=O)c1ccccc1O.[CH3-].[Y]. The molecule has 0 bridgehead atoms. The number of aromatic hydroxyl groups is 1. The Labute approximate surface area is 169 Å². The first-order valence-corrected chi connectivity index (χ1v) is 7.15. The number of carbonyl (C=O) groups is 2. The molecule has 0 aliphatic rings. The third-order valence-electron chi connectivity index (χ3n) is 2.79. The third kappa shape index (κ3) is 8.95. The summed E-state index contributed by atoms with van der Waals surface area (Å²) in [5.41, 5.74) is 0.412. The Bertz CT molecular complexity index is 612. The molecule has 0 atom stereocenters. The number of carbonyl (C=O) groups excluding carboxylic acids is 2. The van der Waals surface area contributed by atoms with Crippen molar-refractivity contribution in [1.82, 2.24) is 0 Å². The second kappa shape index (κ2) is 13.9. The fourth-order valence-corrected chi connectivity index (χ4v) is 1.59. The van der Waals surface area contributed by atoms with Gasteiger partial charge in [-0.05, 0) is 24.3 Å². The summed E-state index contributed by atoms with van der Waals surface area (Å²) in [6.07, 6.45) is 0.840. The van der Waals surface area contributed by atoms with Gasteiger partial charge in [-0.25, -0.2) is 0 Å². The van der Waals surface area contributed by atoms with Crippen molar-refractivity contribution in [1.29, 1.82) is 0 Å². The van der Waals surface area contributed by atoms with Crippen LogP contribution in [-0.2, 0) is 37.5 Å². The molecule has 0 saturated carbocycles. The number of para-hydroxylation sites is 2. The second-order valence-corrected chi connectivity index (χ2v) is 4.43. The van der Waals surface area contributed by atoms with Gasteiger partial charge in [0.25, 0.3) is 0 Å². The van der Waals surface area contributed by atoms with Crippen molar-refractivity contribution in [3.05, 3.63) is 67.6 Å². The zero-order valence-corrected chi connectivity index (χ0v) is 17.2. The Balaban J connectivity index is 0. The van der Waals surface area contributed by atoms with Gasteiger partial charge in [0.05, 0.1) is 5.56 Å². The smallest absolute Gasteiger partial charge is 0.310 e. The van der Waals surface area contributed by atoms with Crippen molar-refractivity contribution in [3.8, 4) is 11.5 Å². The summed E-state index contributed by atoms with van der Waals surface area (Å²) in [6, 6.07) is 15.6. The van der Waals surface area contributed by atoms with Crippen molar-refractivity contribution in [2.45, 2.75) is 26.7 Å². The predicted octanol–water partition coefficient (Wildman–Crippen LogP) is 4.43. The molecule has 0 fully saturated rings. The number of phenolic OH excluding ortho intramolecular Hbond substituents is 1. The zero-order chi connectivity index (χ0) is 16.4. The molecule has 2 aromatic rings. The minimum atomic E-state index is -0.198. The van der Waals surface area contributed by atoms with Gasteiger partial charge in [-0.2, -0.15) is 0 Å². The second-order valence-electron chi connectivity index (χ2n) is 4.43. The molecule has 5 heteroatoms. The monoisotopic (exact) mass is 404 g/mol. The average Bonchev–Trinajstić information content (AvgIpc) is 2.56. The van der Waals surface area contributed by atoms with Gasteiger partial charge in [-0.3, -0.25) is 9.59 Å². The standard InChI is InChI=1S/2C9H10O2.CH3.Y/c1-2-9(10)11-8-6-4-3-5-7-8;1-2-8(10)7-5-3-4-6-9(7)11;;/h3-7H,2H2,1H3;3-6,11H,2H2,1H3;1H3;/q;;-1;. The molecule has 1 N–H and O–H groups in total. The first-order chi connectivity index (χ1) is 10.6. The summed E-state index contributed by atoms with van der Waals surface area (Å²) in [6.45, 7) is 3.54. The van der Waals surface area contributed by atoms with Crippen molar-refractivity contribution in [2.75, 3.05) is 0 Å². The van der Waals surface area contributed by atoms with Crippen LogP contribution in [0.1, 0.15) is 37.0 Å². The van der Waals surface area contributed by atoms with Crippen molar-refractivity contribution in [3.63, 3.8) is 0 Å². The molecular formula is C19H23O4Y-. The molecule has 0 aliphatic carbocycles. The van der Waals surface area contributed by atoms with Gasteiger partial charge >= 0.3 is 5.97 Å². The Morgan fingerprint density at radius 3 is 1.96 bits per heavy atom. The number of phenols is 1. The summed E-state index contributed by atoms with van der Waals surface area (Å²) in [5.74, 6) is 0.456. The number of hydrogen-bond donors (Lipinski definition) is 1. The maximum atomic E-state index is 11.1. The fourth-order valence-electron chi connectivity index (χ4n) is 1.59. The van der Waals surface area contributed by atoms with E-state index in [0.29, 0.717) is 24.2 Å². The predicted molar refractivity (Wildman–Crippen MR) is 91.5 cm³/mol. The molecule has 24 heavy (non-hydrogen) atoms. The minimum Gasteiger partial charge on any atom is -0.507 e. The molecule has 0 saturated heterocycles. The molecule has 0 spiro atoms. The van der Waals surface area contributed by atoms with E-state index in [2.05, 4.69) is 0 Å². The molecule has 1 radical (unpaired) electrons. The fraction of sp³-hybridized carbons (Fsp3) is 0.211. The first kappa shape index (κ1) is 24.7. The maximum Gasteiger partial charge on any atom is 0.310 e. The summed E-state index contributed by atoms with van der Waals surface area (Å²) < 4.78 is 4.92. The van der Waals surface area contributed by atoms with Gasteiger partial charge in [0.15, 0.2) is 5.78 Å². The molecule has 0 unspecified atom stereocenters. The first-order valence-electron chi connectivity index (χ1n) is 7.15. The average molecular weight is 404 g/mol. The number of hydrogen-bond acceptors (Lipinski definition) is 4. The van der Waals surface area contributed by atoms with E-state index >= 15 is 0 Å². The van der Waals surface area contributed by atoms with Gasteiger partial charge in [-0.1, -0.05) is 44.2 Å². The number of Topliss-reactive ketones (excluding diaryl/α,β-unsaturated/α-hetero) is 1. The van der Waals surface area contributed by atoms with Crippen LogP contribution in [-0.4, -0.2) is 16.9 Å². The van der Waals surface area contributed by atoms with Gasteiger partial charge in [0.1, 0.15) is 11.5 Å². The van der Waals surface area contributed by atoms with E-state index in [1.54, 1.807) is 44.2 Å². The molecule has 4 nitrogen and oxygen atoms in total. The number of benzene rings is 2. The summed E-state index contributed by atoms with van der Waals surface area (Å²) in [4.78, 5) is 21.8. The van der Waals surface area contributed by atoms with Crippen LogP contribution in [0.5, 0.6) is 11.5 Å². The van der Waals surface area contributed by atoms with Crippen LogP contribution >= 0.6 is 0 Å². The van der Waals surface area contributed by atoms with Gasteiger partial charge in [0, 0.05) is 45.6 Å². The Hall–Kier alpha value is -1.52. The Kier molecular flexibility index (Phi) is 14.3. The van der Waals surface area contributed by atoms with E-state index in [4.69, 9.17) is 4.74 Å². The van der Waals surface area contributed by atoms with E-state index in [1.807, 2.05) is 18.2 Å². The summed E-state index contributed by atoms with van der Waals surface area (Å²) in [7, 11) is 0. The van der Waals surface area contributed by atoms with Gasteiger partial charge in [-0.15, -0.1) is 0 Å². The van der Waals surface area contributed by atoms with Crippen LogP contribution in [0.4, 0.5) is 0 Å². The van der Waals surface area contributed by atoms with Crippen molar-refractivity contribution >= 4 is 11.8 Å². The van der Waals surface area contributed by atoms with Crippen LogP contribution in [0.25, 0.3) is 0 Å². The molecule has 2 aromatic carbocycles.